The average Bonchev–Trinajstić information content (AvgIpc) is 2.66. The summed E-state index contributed by atoms with van der Waals surface area (Å²) < 4.78 is 26.8. The molecule has 1 aromatic rings. The third-order valence-corrected chi connectivity index (χ3v) is 3.79. The first kappa shape index (κ1) is 14.4. The first-order valence-electron chi connectivity index (χ1n) is 6.87. The van der Waals surface area contributed by atoms with Gasteiger partial charge in [-0.05, 0) is 43.6 Å². The van der Waals surface area contributed by atoms with Crippen LogP contribution in [-0.2, 0) is 0 Å². The van der Waals surface area contributed by atoms with Crippen molar-refractivity contribution in [2.45, 2.75) is 32.4 Å². The molecule has 2 atom stereocenters. The molecule has 0 aliphatic carbocycles. The number of nitrogens with one attached hydrogen (secondary N) is 1. The molecule has 19 heavy (non-hydrogen) atoms. The fourth-order valence-corrected chi connectivity index (χ4v) is 2.90. The lowest BCUT2D eigenvalue weighted by atomic mass is 9.93. The first-order valence-corrected chi connectivity index (χ1v) is 6.87. The number of rotatable bonds is 4. The van der Waals surface area contributed by atoms with Gasteiger partial charge in [-0.25, -0.2) is 8.78 Å². The summed E-state index contributed by atoms with van der Waals surface area (Å²) in [5.41, 5.74) is 0.744. The summed E-state index contributed by atoms with van der Waals surface area (Å²) in [4.78, 5) is 2.18. The molecule has 106 valence electrons. The van der Waals surface area contributed by atoms with Crippen LogP contribution in [0, 0.1) is 17.6 Å². The summed E-state index contributed by atoms with van der Waals surface area (Å²) in [6, 6.07) is 4.36. The van der Waals surface area contributed by atoms with Gasteiger partial charge in [0.2, 0.25) is 0 Å². The molecule has 1 aromatic carbocycles. The van der Waals surface area contributed by atoms with Crippen molar-refractivity contribution >= 4 is 0 Å². The number of hydrogen-bond acceptors (Lipinski definition) is 2. The van der Waals surface area contributed by atoms with E-state index in [1.54, 1.807) is 0 Å². The largest absolute Gasteiger partial charge is 0.314 e. The molecule has 0 saturated carbocycles. The van der Waals surface area contributed by atoms with Crippen molar-refractivity contribution in [1.29, 1.82) is 0 Å². The number of benzene rings is 1. The first-order chi connectivity index (χ1) is 8.97. The topological polar surface area (TPSA) is 15.3 Å². The van der Waals surface area contributed by atoms with Gasteiger partial charge in [-0.3, -0.25) is 4.90 Å². The molecular formula is C15H22F2N2. The van der Waals surface area contributed by atoms with Gasteiger partial charge >= 0.3 is 0 Å². The van der Waals surface area contributed by atoms with Crippen molar-refractivity contribution < 1.29 is 8.78 Å². The van der Waals surface area contributed by atoms with E-state index < -0.39 is 11.6 Å². The van der Waals surface area contributed by atoms with E-state index in [4.69, 9.17) is 0 Å². The van der Waals surface area contributed by atoms with Crippen molar-refractivity contribution in [2.75, 3.05) is 20.1 Å². The molecular weight excluding hydrogens is 246 g/mol. The summed E-state index contributed by atoms with van der Waals surface area (Å²) >= 11 is 0. The van der Waals surface area contributed by atoms with E-state index in [9.17, 15) is 8.78 Å². The van der Waals surface area contributed by atoms with Crippen molar-refractivity contribution in [2.24, 2.45) is 5.92 Å². The van der Waals surface area contributed by atoms with Gasteiger partial charge in [0.1, 0.15) is 11.6 Å². The van der Waals surface area contributed by atoms with Crippen LogP contribution in [0.2, 0.25) is 0 Å². The third-order valence-electron chi connectivity index (χ3n) is 3.79. The lowest BCUT2D eigenvalue weighted by Gasteiger charge is -2.26. The highest BCUT2D eigenvalue weighted by Crippen LogP contribution is 2.36. The maximum atomic E-state index is 13.4. The fourth-order valence-electron chi connectivity index (χ4n) is 2.90. The van der Waals surface area contributed by atoms with Crippen LogP contribution in [0.1, 0.15) is 31.9 Å². The Morgan fingerprint density at radius 2 is 1.89 bits per heavy atom. The smallest absolute Gasteiger partial charge is 0.126 e. The summed E-state index contributed by atoms with van der Waals surface area (Å²) in [7, 11) is 2.02. The van der Waals surface area contributed by atoms with Gasteiger partial charge in [-0.1, -0.05) is 13.8 Å². The Balaban J connectivity index is 2.18. The minimum Gasteiger partial charge on any atom is -0.314 e. The molecule has 0 radical (unpaired) electrons. The van der Waals surface area contributed by atoms with Crippen LogP contribution >= 0.6 is 0 Å². The highest BCUT2D eigenvalue weighted by Gasteiger charge is 2.33. The lowest BCUT2D eigenvalue weighted by Crippen LogP contribution is -2.32. The Bertz CT molecular complexity index is 414. The molecule has 4 heteroatoms. The van der Waals surface area contributed by atoms with Crippen LogP contribution in [0.4, 0.5) is 8.78 Å². The van der Waals surface area contributed by atoms with Crippen molar-refractivity contribution in [1.82, 2.24) is 10.2 Å². The van der Waals surface area contributed by atoms with Crippen molar-refractivity contribution in [3.05, 3.63) is 35.4 Å². The van der Waals surface area contributed by atoms with Gasteiger partial charge in [-0.2, -0.15) is 0 Å². The van der Waals surface area contributed by atoms with Crippen LogP contribution in [0.15, 0.2) is 18.2 Å². The third kappa shape index (κ3) is 3.51. The quantitative estimate of drug-likeness (QED) is 0.903. The Kier molecular flexibility index (Phi) is 4.53. The molecule has 0 amide bonds. The second-order valence-electron chi connectivity index (χ2n) is 5.74. The van der Waals surface area contributed by atoms with E-state index >= 15 is 0 Å². The highest BCUT2D eigenvalue weighted by atomic mass is 19.1. The summed E-state index contributed by atoms with van der Waals surface area (Å²) in [6.45, 7) is 6.06. The maximum Gasteiger partial charge on any atom is 0.126 e. The van der Waals surface area contributed by atoms with Gasteiger partial charge in [-0.15, -0.1) is 0 Å². The van der Waals surface area contributed by atoms with Crippen molar-refractivity contribution in [3.8, 4) is 0 Å². The van der Waals surface area contributed by atoms with Crippen LogP contribution in [0.3, 0.4) is 0 Å². The zero-order valence-corrected chi connectivity index (χ0v) is 11.8. The SMILES string of the molecule is CC(C)NCC1CCN(C)C1c1cc(F)cc(F)c1. The molecule has 1 fully saturated rings. The molecule has 1 heterocycles. The van der Waals surface area contributed by atoms with Gasteiger partial charge in [0.25, 0.3) is 0 Å². The number of likely N-dealkylation sites (tertiary alicyclic amines) is 1. The molecule has 1 saturated heterocycles. The molecule has 2 rings (SSSR count). The Labute approximate surface area is 113 Å². The average molecular weight is 268 g/mol. The normalized spacial score (nSPS) is 24.3. The second kappa shape index (κ2) is 5.97. The summed E-state index contributed by atoms with van der Waals surface area (Å²) in [5, 5.41) is 3.42. The van der Waals surface area contributed by atoms with E-state index in [0.717, 1.165) is 31.1 Å². The van der Waals surface area contributed by atoms with E-state index in [2.05, 4.69) is 24.1 Å². The van der Waals surface area contributed by atoms with Gasteiger partial charge in [0, 0.05) is 24.7 Å². The highest BCUT2D eigenvalue weighted by molar-refractivity contribution is 5.23. The van der Waals surface area contributed by atoms with E-state index in [0.29, 0.717) is 12.0 Å². The van der Waals surface area contributed by atoms with E-state index in [-0.39, 0.29) is 6.04 Å². The lowest BCUT2D eigenvalue weighted by molar-refractivity contribution is 0.268. The Morgan fingerprint density at radius 1 is 1.26 bits per heavy atom. The molecule has 2 unspecified atom stereocenters. The number of nitrogens with zero attached hydrogens (tertiary/aromatic N) is 1. The molecule has 1 aliphatic rings. The minimum atomic E-state index is -0.495. The van der Waals surface area contributed by atoms with Gasteiger partial charge in [0.15, 0.2) is 0 Å². The Morgan fingerprint density at radius 3 is 2.47 bits per heavy atom. The summed E-state index contributed by atoms with van der Waals surface area (Å²) in [6.07, 6.45) is 1.05. The monoisotopic (exact) mass is 268 g/mol. The fraction of sp³-hybridized carbons (Fsp3) is 0.600. The van der Waals surface area contributed by atoms with Gasteiger partial charge in [0.05, 0.1) is 0 Å². The number of halogens is 2. The van der Waals surface area contributed by atoms with Crippen LogP contribution in [0.5, 0.6) is 0 Å². The van der Waals surface area contributed by atoms with Gasteiger partial charge < -0.3 is 5.32 Å². The molecule has 0 aromatic heterocycles. The van der Waals surface area contributed by atoms with E-state index in [1.165, 1.54) is 12.1 Å². The van der Waals surface area contributed by atoms with Crippen LogP contribution in [-0.4, -0.2) is 31.1 Å². The standard InChI is InChI=1S/C15H22F2N2/c1-10(2)18-9-11-4-5-19(3)15(11)12-6-13(16)8-14(17)7-12/h6-8,10-11,15,18H,4-5,9H2,1-3H3. The number of hydrogen-bond donors (Lipinski definition) is 1. The zero-order valence-electron chi connectivity index (χ0n) is 11.8. The predicted octanol–water partition coefficient (Wildman–Crippen LogP) is 2.96. The molecule has 1 aliphatic heterocycles. The van der Waals surface area contributed by atoms with Crippen molar-refractivity contribution in [3.63, 3.8) is 0 Å². The second-order valence-corrected chi connectivity index (χ2v) is 5.74. The van der Waals surface area contributed by atoms with E-state index in [1.807, 2.05) is 7.05 Å². The molecule has 0 bridgehead atoms. The van der Waals surface area contributed by atoms with Crippen LogP contribution in [0.25, 0.3) is 0 Å². The maximum absolute atomic E-state index is 13.4. The van der Waals surface area contributed by atoms with Crippen LogP contribution < -0.4 is 5.32 Å². The molecule has 1 N–H and O–H groups in total. The molecule has 0 spiro atoms. The predicted molar refractivity (Wildman–Crippen MR) is 73.0 cm³/mol. The minimum absolute atomic E-state index is 0.0939. The zero-order chi connectivity index (χ0) is 14.0. The Hall–Kier alpha value is -1.00. The summed E-state index contributed by atoms with van der Waals surface area (Å²) in [5.74, 6) is -0.592. The molecule has 2 nitrogen and oxygen atoms in total.